The molecule has 23 heavy (non-hydrogen) atoms. The van der Waals surface area contributed by atoms with Gasteiger partial charge in [0.2, 0.25) is 5.16 Å². The molecular weight excluding hydrogens is 329 g/mol. The average Bonchev–Trinajstić information content (AvgIpc) is 3.13. The number of alkyl halides is 2. The fourth-order valence-electron chi connectivity index (χ4n) is 1.93. The van der Waals surface area contributed by atoms with Crippen LogP contribution in [0.25, 0.3) is 11.4 Å². The van der Waals surface area contributed by atoms with Gasteiger partial charge in [0.05, 0.1) is 5.75 Å². The lowest BCUT2D eigenvalue weighted by Gasteiger charge is -2.06. The van der Waals surface area contributed by atoms with E-state index in [-0.39, 0.29) is 17.4 Å². The second-order valence-electron chi connectivity index (χ2n) is 4.50. The number of imidazole rings is 1. The van der Waals surface area contributed by atoms with Crippen molar-refractivity contribution < 1.29 is 13.2 Å². The number of rotatable bonds is 5. The van der Waals surface area contributed by atoms with Crippen molar-refractivity contribution in [3.63, 3.8) is 0 Å². The summed E-state index contributed by atoms with van der Waals surface area (Å²) >= 11 is 1.13. The van der Waals surface area contributed by atoms with Crippen LogP contribution in [0.1, 0.15) is 12.4 Å². The lowest BCUT2D eigenvalue weighted by molar-refractivity contribution is 0.0678. The molecule has 0 radical (unpaired) electrons. The fourth-order valence-corrected chi connectivity index (χ4v) is 2.74. The number of nitrogens with zero attached hydrogens (tertiary/aromatic N) is 5. The van der Waals surface area contributed by atoms with Crippen LogP contribution >= 0.6 is 11.8 Å². The summed E-state index contributed by atoms with van der Waals surface area (Å²) in [6, 6.07) is 5.63. The van der Waals surface area contributed by atoms with Gasteiger partial charge in [0.15, 0.2) is 5.82 Å². The quantitative estimate of drug-likeness (QED) is 0.571. The molecule has 0 aliphatic carbocycles. The zero-order valence-corrected chi connectivity index (χ0v) is 12.4. The molecule has 10 heteroatoms. The van der Waals surface area contributed by atoms with Gasteiger partial charge in [-0.1, -0.05) is 11.8 Å². The summed E-state index contributed by atoms with van der Waals surface area (Å²) < 4.78 is 40.4. The molecule has 0 amide bonds. The monoisotopic (exact) mass is 340 g/mol. The Morgan fingerprint density at radius 1 is 1.17 bits per heavy atom. The predicted octanol–water partition coefficient (Wildman–Crippen LogP) is 2.68. The number of halogens is 3. The Hall–Kier alpha value is -2.49. The summed E-state index contributed by atoms with van der Waals surface area (Å²) in [6.07, 6.45) is 2.51. The van der Waals surface area contributed by atoms with Gasteiger partial charge in [0, 0.05) is 18.0 Å². The Balaban J connectivity index is 1.77. The molecule has 0 unspecified atom stereocenters. The van der Waals surface area contributed by atoms with E-state index in [2.05, 4.69) is 15.2 Å². The molecule has 0 aliphatic rings. The minimum Gasteiger partial charge on any atom is -0.335 e. The van der Waals surface area contributed by atoms with Crippen molar-refractivity contribution in [1.82, 2.24) is 24.4 Å². The fraction of sp³-hybridized carbons (Fsp3) is 0.154. The highest BCUT2D eigenvalue weighted by Crippen LogP contribution is 2.25. The van der Waals surface area contributed by atoms with E-state index in [1.165, 1.54) is 41.3 Å². The summed E-state index contributed by atoms with van der Waals surface area (Å²) in [6.45, 7) is -2.65. The van der Waals surface area contributed by atoms with Crippen LogP contribution in [-0.4, -0.2) is 24.4 Å². The van der Waals surface area contributed by atoms with Crippen molar-refractivity contribution >= 4 is 11.8 Å². The molecule has 120 valence electrons. The molecule has 3 aromatic rings. The van der Waals surface area contributed by atoms with Crippen LogP contribution in [0.4, 0.5) is 13.2 Å². The molecule has 0 saturated heterocycles. The third-order valence-corrected chi connectivity index (χ3v) is 4.00. The minimum absolute atomic E-state index is 0.163. The van der Waals surface area contributed by atoms with Crippen molar-refractivity contribution in [3.05, 3.63) is 48.3 Å². The second-order valence-corrected chi connectivity index (χ2v) is 5.44. The zero-order chi connectivity index (χ0) is 16.4. The summed E-state index contributed by atoms with van der Waals surface area (Å²) in [5.41, 5.74) is 0.599. The van der Waals surface area contributed by atoms with Gasteiger partial charge >= 0.3 is 6.55 Å². The van der Waals surface area contributed by atoms with E-state index in [1.807, 2.05) is 0 Å². The standard InChI is InChI=1S/C13H11F3N6S/c14-9-3-1-8(2-4-9)11-19-20-13(22(11)17)23-7-10-18-5-6-21(10)12(15)16/h1-6,12H,7,17H2. The molecule has 0 atom stereocenters. The van der Waals surface area contributed by atoms with Crippen molar-refractivity contribution in [1.29, 1.82) is 0 Å². The first-order valence-electron chi connectivity index (χ1n) is 6.45. The van der Waals surface area contributed by atoms with Crippen LogP contribution in [0.3, 0.4) is 0 Å². The van der Waals surface area contributed by atoms with Gasteiger partial charge in [-0.3, -0.25) is 4.57 Å². The summed E-state index contributed by atoms with van der Waals surface area (Å²) in [7, 11) is 0. The second kappa shape index (κ2) is 6.32. The van der Waals surface area contributed by atoms with Gasteiger partial charge in [-0.05, 0) is 24.3 Å². The highest BCUT2D eigenvalue weighted by atomic mass is 32.2. The van der Waals surface area contributed by atoms with Crippen LogP contribution in [0.15, 0.2) is 41.8 Å². The lowest BCUT2D eigenvalue weighted by Crippen LogP contribution is -2.12. The first kappa shape index (κ1) is 15.4. The molecular formula is C13H11F3N6S. The maximum atomic E-state index is 12.9. The Bertz CT molecular complexity index is 798. The molecule has 6 nitrogen and oxygen atoms in total. The number of hydrogen-bond donors (Lipinski definition) is 1. The Morgan fingerprint density at radius 2 is 1.91 bits per heavy atom. The molecule has 0 fully saturated rings. The first-order valence-corrected chi connectivity index (χ1v) is 7.44. The van der Waals surface area contributed by atoms with Gasteiger partial charge in [0.25, 0.3) is 0 Å². The number of thioether (sulfide) groups is 1. The first-order chi connectivity index (χ1) is 11.1. The Kier molecular flexibility index (Phi) is 4.24. The van der Waals surface area contributed by atoms with Crippen molar-refractivity contribution in [2.45, 2.75) is 17.5 Å². The van der Waals surface area contributed by atoms with Crippen molar-refractivity contribution in [3.8, 4) is 11.4 Å². The van der Waals surface area contributed by atoms with Crippen LogP contribution in [0.5, 0.6) is 0 Å². The zero-order valence-electron chi connectivity index (χ0n) is 11.6. The molecule has 0 saturated carbocycles. The third-order valence-electron chi connectivity index (χ3n) is 3.06. The smallest absolute Gasteiger partial charge is 0.319 e. The van der Waals surface area contributed by atoms with Crippen LogP contribution < -0.4 is 5.84 Å². The largest absolute Gasteiger partial charge is 0.335 e. The van der Waals surface area contributed by atoms with Crippen LogP contribution in [-0.2, 0) is 5.75 Å². The number of aromatic nitrogens is 5. The topological polar surface area (TPSA) is 74.6 Å². The number of hydrogen-bond acceptors (Lipinski definition) is 5. The Labute approximate surface area is 133 Å². The van der Waals surface area contributed by atoms with Gasteiger partial charge in [-0.25, -0.2) is 14.1 Å². The third kappa shape index (κ3) is 3.16. The van der Waals surface area contributed by atoms with Gasteiger partial charge in [0.1, 0.15) is 11.6 Å². The summed E-state index contributed by atoms with van der Waals surface area (Å²) in [4.78, 5) is 3.88. The normalized spacial score (nSPS) is 11.3. The molecule has 0 bridgehead atoms. The molecule has 2 aromatic heterocycles. The van der Waals surface area contributed by atoms with Crippen LogP contribution in [0.2, 0.25) is 0 Å². The van der Waals surface area contributed by atoms with Crippen molar-refractivity contribution in [2.75, 3.05) is 5.84 Å². The van der Waals surface area contributed by atoms with Gasteiger partial charge in [-0.15, -0.1) is 10.2 Å². The number of benzene rings is 1. The van der Waals surface area contributed by atoms with E-state index >= 15 is 0 Å². The minimum atomic E-state index is -2.65. The van der Waals surface area contributed by atoms with E-state index in [0.717, 1.165) is 16.3 Å². The predicted molar refractivity (Wildman–Crippen MR) is 78.6 cm³/mol. The van der Waals surface area contributed by atoms with E-state index in [4.69, 9.17) is 5.84 Å². The van der Waals surface area contributed by atoms with E-state index in [1.54, 1.807) is 0 Å². The maximum Gasteiger partial charge on any atom is 0.319 e. The average molecular weight is 340 g/mol. The van der Waals surface area contributed by atoms with Crippen molar-refractivity contribution in [2.24, 2.45) is 0 Å². The van der Waals surface area contributed by atoms with E-state index < -0.39 is 6.55 Å². The molecule has 0 spiro atoms. The van der Waals surface area contributed by atoms with E-state index in [9.17, 15) is 13.2 Å². The summed E-state index contributed by atoms with van der Waals surface area (Å²) in [5.74, 6) is 6.26. The SMILES string of the molecule is Nn1c(SCc2nccn2C(F)F)nnc1-c1ccc(F)cc1. The molecule has 0 aliphatic heterocycles. The molecule has 2 N–H and O–H groups in total. The number of nitrogens with two attached hydrogens (primary N) is 1. The lowest BCUT2D eigenvalue weighted by atomic mass is 10.2. The Morgan fingerprint density at radius 3 is 2.61 bits per heavy atom. The molecule has 3 rings (SSSR count). The number of nitrogen functional groups attached to an aromatic ring is 1. The van der Waals surface area contributed by atoms with Crippen LogP contribution in [0, 0.1) is 5.82 Å². The van der Waals surface area contributed by atoms with Gasteiger partial charge < -0.3 is 5.84 Å². The highest BCUT2D eigenvalue weighted by Gasteiger charge is 2.15. The van der Waals surface area contributed by atoms with E-state index in [0.29, 0.717) is 16.5 Å². The summed E-state index contributed by atoms with van der Waals surface area (Å²) in [5, 5.41) is 8.20. The van der Waals surface area contributed by atoms with Gasteiger partial charge in [-0.2, -0.15) is 8.78 Å². The molecule has 1 aromatic carbocycles. The maximum absolute atomic E-state index is 12.9. The molecule has 2 heterocycles. The highest BCUT2D eigenvalue weighted by molar-refractivity contribution is 7.98.